The summed E-state index contributed by atoms with van der Waals surface area (Å²) in [5, 5.41) is 4.14. The molecule has 1 N–H and O–H groups in total. The van der Waals surface area contributed by atoms with Crippen molar-refractivity contribution < 1.29 is 47.8 Å². The normalized spacial score (nSPS) is 15.2. The second-order valence-electron chi connectivity index (χ2n) is 16.9. The first kappa shape index (κ1) is 41.7. The highest BCUT2D eigenvalue weighted by Gasteiger charge is 2.41. The van der Waals surface area contributed by atoms with Gasteiger partial charge in [-0.15, -0.1) is 5.06 Å². The van der Waals surface area contributed by atoms with Gasteiger partial charge in [0.25, 0.3) is 11.8 Å². The van der Waals surface area contributed by atoms with Gasteiger partial charge in [-0.1, -0.05) is 12.1 Å². The monoisotopic (exact) mass is 775 g/mol. The third kappa shape index (κ3) is 11.3. The van der Waals surface area contributed by atoms with Crippen molar-refractivity contribution in [3.05, 3.63) is 65.7 Å². The fourth-order valence-electron chi connectivity index (χ4n) is 5.98. The van der Waals surface area contributed by atoms with Gasteiger partial charge < -0.3 is 34.1 Å². The Labute approximate surface area is 327 Å². The number of amides is 4. The average Bonchev–Trinajstić information content (AvgIpc) is 3.30. The summed E-state index contributed by atoms with van der Waals surface area (Å²) in [5.74, 6) is -0.861. The van der Waals surface area contributed by atoms with E-state index in [0.29, 0.717) is 55.5 Å². The number of hydroxylamine groups is 2. The van der Waals surface area contributed by atoms with Gasteiger partial charge >= 0.3 is 18.2 Å². The highest BCUT2D eigenvalue weighted by atomic mass is 16.7. The van der Waals surface area contributed by atoms with E-state index in [2.05, 4.69) is 10.2 Å². The van der Waals surface area contributed by atoms with Crippen LogP contribution in [-0.4, -0.2) is 107 Å². The van der Waals surface area contributed by atoms with Crippen molar-refractivity contribution in [3.63, 3.8) is 0 Å². The Balaban J connectivity index is 1.27. The summed E-state index contributed by atoms with van der Waals surface area (Å²) >= 11 is 0. The summed E-state index contributed by atoms with van der Waals surface area (Å²) in [5.41, 5.74) is -1.02. The summed E-state index contributed by atoms with van der Waals surface area (Å²) in [7, 11) is 0. The molecule has 2 aromatic carbocycles. The fourth-order valence-corrected chi connectivity index (χ4v) is 5.98. The first-order valence-electron chi connectivity index (χ1n) is 18.8. The highest BCUT2D eigenvalue weighted by Crippen LogP contribution is 2.28. The van der Waals surface area contributed by atoms with Crippen molar-refractivity contribution in [2.45, 2.75) is 91.6 Å². The van der Waals surface area contributed by atoms with E-state index in [9.17, 15) is 24.0 Å². The molecule has 0 radical (unpaired) electrons. The number of pyridine rings is 1. The SMILES string of the molecule is CC(C)(C)OC(=O)NCCCN(CC1CN(C(=O)OC(C)(C)C)C1)c1ccc2cc(OC[C@H](ON3C(=O)c4ccccc4C3=O)C(=O)OC(C)(C)C)ccc2n1. The van der Waals surface area contributed by atoms with Crippen LogP contribution in [-0.2, 0) is 23.8 Å². The van der Waals surface area contributed by atoms with Crippen LogP contribution in [0.4, 0.5) is 15.4 Å². The third-order valence-corrected chi connectivity index (χ3v) is 8.39. The molecule has 5 rings (SSSR count). The Morgan fingerprint density at radius 3 is 2.07 bits per heavy atom. The van der Waals surface area contributed by atoms with Gasteiger partial charge in [-0.3, -0.25) is 9.59 Å². The van der Waals surface area contributed by atoms with E-state index in [-0.39, 0.29) is 29.7 Å². The first-order chi connectivity index (χ1) is 26.2. The molecule has 4 amide bonds. The second-order valence-corrected chi connectivity index (χ2v) is 16.9. The standard InChI is InChI=1S/C41H53N5O10/c1-39(2,3)53-36(49)32(56-46-34(47)29-13-10-11-14-30(29)35(46)48)25-52-28-16-17-31-27(21-28)15-18-33(43-31)44(20-12-19-42-37(50)54-40(4,5)6)22-26-23-45(24-26)38(51)55-41(7,8)9/h10-11,13-18,21,26,32H,12,19-20,22-25H2,1-9H3,(H,42,50)/t32-/m0/s1. The summed E-state index contributed by atoms with van der Waals surface area (Å²) in [4.78, 5) is 78.4. The summed E-state index contributed by atoms with van der Waals surface area (Å²) < 4.78 is 22.4. The van der Waals surface area contributed by atoms with Crippen molar-refractivity contribution >= 4 is 46.7 Å². The first-order valence-corrected chi connectivity index (χ1v) is 18.8. The molecule has 56 heavy (non-hydrogen) atoms. The fraction of sp³-hybridized carbons (Fsp3) is 0.512. The van der Waals surface area contributed by atoms with E-state index in [0.717, 1.165) is 11.2 Å². The predicted molar refractivity (Wildman–Crippen MR) is 207 cm³/mol. The number of esters is 1. The molecule has 3 heterocycles. The molecular formula is C41H53N5O10. The van der Waals surface area contributed by atoms with Gasteiger partial charge in [0.15, 0.2) is 0 Å². The molecule has 1 saturated heterocycles. The molecule has 0 aliphatic carbocycles. The number of benzene rings is 2. The van der Waals surface area contributed by atoms with Crippen molar-refractivity contribution in [1.82, 2.24) is 20.3 Å². The van der Waals surface area contributed by atoms with Crippen LogP contribution >= 0.6 is 0 Å². The number of nitrogens with one attached hydrogen (secondary N) is 1. The minimum atomic E-state index is -1.44. The molecule has 2 aliphatic rings. The minimum absolute atomic E-state index is 0.175. The number of alkyl carbamates (subject to hydrolysis) is 1. The molecule has 1 aromatic heterocycles. The van der Waals surface area contributed by atoms with Gasteiger partial charge in [0, 0.05) is 44.0 Å². The van der Waals surface area contributed by atoms with Crippen LogP contribution in [0.25, 0.3) is 10.9 Å². The molecule has 1 fully saturated rings. The number of imide groups is 1. The molecule has 1 atom stereocenters. The number of likely N-dealkylation sites (tertiary alicyclic amines) is 1. The number of hydrogen-bond acceptors (Lipinski definition) is 12. The zero-order chi connectivity index (χ0) is 41.0. The summed E-state index contributed by atoms with van der Waals surface area (Å²) in [6.07, 6.45) is -1.64. The maximum Gasteiger partial charge on any atom is 0.410 e. The van der Waals surface area contributed by atoms with Crippen molar-refractivity contribution in [1.29, 1.82) is 0 Å². The zero-order valence-corrected chi connectivity index (χ0v) is 33.7. The van der Waals surface area contributed by atoms with Gasteiger partial charge in [-0.2, -0.15) is 0 Å². The number of anilines is 1. The van der Waals surface area contributed by atoms with E-state index in [1.807, 2.05) is 53.7 Å². The molecule has 0 unspecified atom stereocenters. The quantitative estimate of drug-likeness (QED) is 0.0914. The number of aromatic nitrogens is 1. The molecule has 0 spiro atoms. The predicted octanol–water partition coefficient (Wildman–Crippen LogP) is 6.14. The Morgan fingerprint density at radius 2 is 1.46 bits per heavy atom. The Morgan fingerprint density at radius 1 is 0.839 bits per heavy atom. The molecule has 15 heteroatoms. The van der Waals surface area contributed by atoms with Crippen LogP contribution in [0, 0.1) is 5.92 Å². The van der Waals surface area contributed by atoms with Crippen LogP contribution in [0.2, 0.25) is 0 Å². The van der Waals surface area contributed by atoms with E-state index >= 15 is 0 Å². The highest BCUT2D eigenvalue weighted by molar-refractivity contribution is 6.20. The van der Waals surface area contributed by atoms with Crippen LogP contribution < -0.4 is 15.0 Å². The number of carbonyl (C=O) groups excluding carboxylic acids is 5. The summed E-state index contributed by atoms with van der Waals surface area (Å²) in [6.45, 7) is 18.4. The molecule has 0 saturated carbocycles. The summed E-state index contributed by atoms with van der Waals surface area (Å²) in [6, 6.07) is 15.4. The second kappa shape index (κ2) is 16.7. The molecule has 0 bridgehead atoms. The lowest BCUT2D eigenvalue weighted by Gasteiger charge is -2.42. The number of hydrogen-bond donors (Lipinski definition) is 1. The minimum Gasteiger partial charge on any atom is -0.490 e. The molecule has 2 aliphatic heterocycles. The topological polar surface area (TPSA) is 166 Å². The lowest BCUT2D eigenvalue weighted by molar-refractivity contribution is -0.193. The lowest BCUT2D eigenvalue weighted by Crippen LogP contribution is -2.55. The number of fused-ring (bicyclic) bond motifs is 2. The van der Waals surface area contributed by atoms with Crippen molar-refractivity contribution in [3.8, 4) is 5.75 Å². The number of nitrogens with zero attached hydrogens (tertiary/aromatic N) is 4. The van der Waals surface area contributed by atoms with Crippen LogP contribution in [0.1, 0.15) is 89.5 Å². The van der Waals surface area contributed by atoms with Gasteiger partial charge in [0.05, 0.1) is 16.6 Å². The van der Waals surface area contributed by atoms with Crippen molar-refractivity contribution in [2.24, 2.45) is 5.92 Å². The van der Waals surface area contributed by atoms with Gasteiger partial charge in [-0.05, 0) is 111 Å². The Hall–Kier alpha value is -5.44. The molecular weight excluding hydrogens is 722 g/mol. The zero-order valence-electron chi connectivity index (χ0n) is 33.7. The van der Waals surface area contributed by atoms with E-state index < -0.39 is 46.8 Å². The largest absolute Gasteiger partial charge is 0.490 e. The van der Waals surface area contributed by atoms with Crippen molar-refractivity contribution in [2.75, 3.05) is 44.2 Å². The van der Waals surface area contributed by atoms with E-state index in [1.54, 1.807) is 56.0 Å². The third-order valence-electron chi connectivity index (χ3n) is 8.39. The maximum atomic E-state index is 13.2. The molecule has 302 valence electrons. The number of carbonyl (C=O) groups is 5. The maximum absolute atomic E-state index is 13.2. The van der Waals surface area contributed by atoms with Gasteiger partial charge in [-0.25, -0.2) is 24.2 Å². The Kier molecular flexibility index (Phi) is 12.5. The Bertz CT molecular complexity index is 1910. The molecule has 15 nitrogen and oxygen atoms in total. The lowest BCUT2D eigenvalue weighted by atomic mass is 10.00. The van der Waals surface area contributed by atoms with Gasteiger partial charge in [0.2, 0.25) is 6.10 Å². The van der Waals surface area contributed by atoms with Crippen LogP contribution in [0.3, 0.4) is 0 Å². The molecule has 3 aromatic rings. The van der Waals surface area contributed by atoms with Gasteiger partial charge in [0.1, 0.15) is 35.0 Å². The van der Waals surface area contributed by atoms with Crippen LogP contribution in [0.15, 0.2) is 54.6 Å². The van der Waals surface area contributed by atoms with E-state index in [1.165, 1.54) is 12.1 Å². The average molecular weight is 776 g/mol. The number of rotatable bonds is 13. The smallest absolute Gasteiger partial charge is 0.410 e. The van der Waals surface area contributed by atoms with Crippen LogP contribution in [0.5, 0.6) is 5.75 Å². The van der Waals surface area contributed by atoms with E-state index in [4.69, 9.17) is 28.8 Å². The number of ether oxygens (including phenoxy) is 4.